The Morgan fingerprint density at radius 1 is 1.24 bits per heavy atom. The summed E-state index contributed by atoms with van der Waals surface area (Å²) < 4.78 is 45.3. The Balaban J connectivity index is 2.32. The predicted molar refractivity (Wildman–Crippen MR) is 77.7 cm³/mol. The molecule has 1 N–H and O–H groups in total. The zero-order chi connectivity index (χ0) is 16.1. The van der Waals surface area contributed by atoms with E-state index in [0.717, 1.165) is 6.07 Å². The highest BCUT2D eigenvalue weighted by atomic mass is 35.5. The molecule has 1 aromatic rings. The second kappa shape index (κ2) is 5.06. The van der Waals surface area contributed by atoms with Gasteiger partial charge in [0.05, 0.1) is 22.8 Å². The molecule has 1 unspecified atom stereocenters. The van der Waals surface area contributed by atoms with Crippen LogP contribution in [0.5, 0.6) is 0 Å². The van der Waals surface area contributed by atoms with Gasteiger partial charge in [-0.05, 0) is 52.3 Å². The third-order valence-electron chi connectivity index (χ3n) is 3.69. The number of hydrogen-bond acceptors (Lipinski definition) is 2. The number of benzene rings is 1. The van der Waals surface area contributed by atoms with Crippen molar-refractivity contribution in [2.24, 2.45) is 0 Å². The average Bonchev–Trinajstić information content (AvgIpc) is 2.47. The van der Waals surface area contributed by atoms with E-state index in [9.17, 15) is 13.2 Å². The molecule has 0 radical (unpaired) electrons. The van der Waals surface area contributed by atoms with Crippen molar-refractivity contribution in [1.29, 1.82) is 0 Å². The van der Waals surface area contributed by atoms with Gasteiger partial charge in [-0.3, -0.25) is 0 Å². The lowest BCUT2D eigenvalue weighted by Gasteiger charge is -2.29. The van der Waals surface area contributed by atoms with E-state index < -0.39 is 17.3 Å². The van der Waals surface area contributed by atoms with E-state index >= 15 is 0 Å². The van der Waals surface area contributed by atoms with Gasteiger partial charge in [-0.15, -0.1) is 0 Å². The maximum absolute atomic E-state index is 13.1. The summed E-state index contributed by atoms with van der Waals surface area (Å²) in [6.07, 6.45) is -3.83. The lowest BCUT2D eigenvalue weighted by atomic mass is 9.94. The van der Waals surface area contributed by atoms with Gasteiger partial charge in [-0.1, -0.05) is 11.6 Å². The lowest BCUT2D eigenvalue weighted by molar-refractivity contribution is -0.137. The standard InChI is InChI=1S/C15H19ClF3NO/c1-13(2)8-12(14(3,4)21-13)20-11-6-5-9(16)7-10(11)15(17,18)19/h5-7,12,20H,8H2,1-4H3. The number of ether oxygens (including phenoxy) is 1. The van der Waals surface area contributed by atoms with Crippen molar-refractivity contribution in [3.8, 4) is 0 Å². The van der Waals surface area contributed by atoms with Crippen LogP contribution >= 0.6 is 11.6 Å². The van der Waals surface area contributed by atoms with Crippen LogP contribution in [-0.4, -0.2) is 17.2 Å². The van der Waals surface area contributed by atoms with Gasteiger partial charge in [0.1, 0.15) is 0 Å². The van der Waals surface area contributed by atoms with Gasteiger partial charge in [-0.25, -0.2) is 0 Å². The molecule has 1 aromatic carbocycles. The summed E-state index contributed by atoms with van der Waals surface area (Å²) in [5.41, 5.74) is -1.64. The quantitative estimate of drug-likeness (QED) is 0.816. The number of hydrogen-bond donors (Lipinski definition) is 1. The molecule has 1 saturated heterocycles. The van der Waals surface area contributed by atoms with Crippen LogP contribution in [0.1, 0.15) is 39.7 Å². The Kier molecular flexibility index (Phi) is 3.96. The summed E-state index contributed by atoms with van der Waals surface area (Å²) in [5, 5.41) is 3.05. The second-order valence-corrected chi connectivity index (χ2v) is 6.99. The normalized spacial score (nSPS) is 24.1. The van der Waals surface area contributed by atoms with Crippen molar-refractivity contribution < 1.29 is 17.9 Å². The maximum atomic E-state index is 13.1. The van der Waals surface area contributed by atoms with E-state index in [2.05, 4.69) is 5.32 Å². The van der Waals surface area contributed by atoms with Crippen LogP contribution in [0, 0.1) is 0 Å². The molecule has 21 heavy (non-hydrogen) atoms. The molecule has 1 aliphatic rings. The van der Waals surface area contributed by atoms with Gasteiger partial charge in [0.2, 0.25) is 0 Å². The molecule has 0 aliphatic carbocycles. The molecule has 1 heterocycles. The van der Waals surface area contributed by atoms with Crippen LogP contribution in [0.15, 0.2) is 18.2 Å². The van der Waals surface area contributed by atoms with Gasteiger partial charge < -0.3 is 10.1 Å². The molecule has 1 fully saturated rings. The fourth-order valence-electron chi connectivity index (χ4n) is 2.85. The highest BCUT2D eigenvalue weighted by Gasteiger charge is 2.46. The number of alkyl halides is 3. The molecular weight excluding hydrogens is 303 g/mol. The summed E-state index contributed by atoms with van der Waals surface area (Å²) in [5.74, 6) is 0. The minimum absolute atomic E-state index is 0.0336. The molecule has 2 rings (SSSR count). The third-order valence-corrected chi connectivity index (χ3v) is 3.93. The van der Waals surface area contributed by atoms with E-state index in [-0.39, 0.29) is 22.4 Å². The topological polar surface area (TPSA) is 21.3 Å². The van der Waals surface area contributed by atoms with Crippen molar-refractivity contribution in [2.45, 2.75) is 57.5 Å². The highest BCUT2D eigenvalue weighted by Crippen LogP contribution is 2.42. The van der Waals surface area contributed by atoms with Crippen LogP contribution in [0.2, 0.25) is 5.02 Å². The van der Waals surface area contributed by atoms with Crippen LogP contribution in [0.3, 0.4) is 0 Å². The fourth-order valence-corrected chi connectivity index (χ4v) is 3.02. The molecule has 1 aliphatic heterocycles. The zero-order valence-corrected chi connectivity index (χ0v) is 13.2. The molecule has 0 bridgehead atoms. The Hall–Kier alpha value is -0.940. The number of rotatable bonds is 2. The SMILES string of the molecule is CC1(C)CC(Nc2ccc(Cl)cc2C(F)(F)F)C(C)(C)O1. The molecule has 2 nitrogen and oxygen atoms in total. The summed E-state index contributed by atoms with van der Waals surface area (Å²) in [6.45, 7) is 7.62. The first-order valence-corrected chi connectivity index (χ1v) is 7.12. The molecule has 6 heteroatoms. The molecule has 0 aromatic heterocycles. The predicted octanol–water partition coefficient (Wildman–Crippen LogP) is 5.12. The number of nitrogens with one attached hydrogen (secondary N) is 1. The van der Waals surface area contributed by atoms with Crippen LogP contribution < -0.4 is 5.32 Å². The number of halogens is 4. The van der Waals surface area contributed by atoms with Gasteiger partial charge in [0, 0.05) is 10.7 Å². The van der Waals surface area contributed by atoms with Gasteiger partial charge >= 0.3 is 6.18 Å². The smallest absolute Gasteiger partial charge is 0.379 e. The molecule has 1 atom stereocenters. The second-order valence-electron chi connectivity index (χ2n) is 6.55. The van der Waals surface area contributed by atoms with Crippen molar-refractivity contribution in [1.82, 2.24) is 0 Å². The van der Waals surface area contributed by atoms with Crippen molar-refractivity contribution in [3.63, 3.8) is 0 Å². The summed E-state index contributed by atoms with van der Waals surface area (Å²) in [6, 6.07) is 3.55. The lowest BCUT2D eigenvalue weighted by Crippen LogP contribution is -2.38. The molecule has 0 amide bonds. The third kappa shape index (κ3) is 3.64. The van der Waals surface area contributed by atoms with E-state index in [1.807, 2.05) is 27.7 Å². The Bertz CT molecular complexity index is 540. The summed E-state index contributed by atoms with van der Waals surface area (Å²) >= 11 is 5.69. The molecule has 0 saturated carbocycles. The summed E-state index contributed by atoms with van der Waals surface area (Å²) in [4.78, 5) is 0. The first-order chi connectivity index (χ1) is 9.41. The molecule has 118 valence electrons. The Labute approximate surface area is 127 Å². The van der Waals surface area contributed by atoms with Gasteiger partial charge in [0.25, 0.3) is 0 Å². The largest absolute Gasteiger partial charge is 0.418 e. The minimum Gasteiger partial charge on any atom is -0.379 e. The van der Waals surface area contributed by atoms with E-state index in [1.54, 1.807) is 0 Å². The van der Waals surface area contributed by atoms with Crippen LogP contribution in [-0.2, 0) is 10.9 Å². The van der Waals surface area contributed by atoms with E-state index in [0.29, 0.717) is 6.42 Å². The first-order valence-electron chi connectivity index (χ1n) is 6.74. The average molecular weight is 322 g/mol. The summed E-state index contributed by atoms with van der Waals surface area (Å²) in [7, 11) is 0. The first kappa shape index (κ1) is 16.4. The zero-order valence-electron chi connectivity index (χ0n) is 12.4. The van der Waals surface area contributed by atoms with Gasteiger partial charge in [-0.2, -0.15) is 13.2 Å². The van der Waals surface area contributed by atoms with Crippen LogP contribution in [0.4, 0.5) is 18.9 Å². The maximum Gasteiger partial charge on any atom is 0.418 e. The van der Waals surface area contributed by atoms with E-state index in [4.69, 9.17) is 16.3 Å². The monoisotopic (exact) mass is 321 g/mol. The van der Waals surface area contributed by atoms with Crippen molar-refractivity contribution in [2.75, 3.05) is 5.32 Å². The Morgan fingerprint density at radius 2 is 1.86 bits per heavy atom. The Morgan fingerprint density at radius 3 is 2.33 bits per heavy atom. The van der Waals surface area contributed by atoms with E-state index in [1.165, 1.54) is 12.1 Å². The highest BCUT2D eigenvalue weighted by molar-refractivity contribution is 6.30. The number of anilines is 1. The fraction of sp³-hybridized carbons (Fsp3) is 0.600. The van der Waals surface area contributed by atoms with Gasteiger partial charge in [0.15, 0.2) is 0 Å². The molecule has 0 spiro atoms. The van der Waals surface area contributed by atoms with Crippen LogP contribution in [0.25, 0.3) is 0 Å². The minimum atomic E-state index is -4.45. The molecular formula is C15H19ClF3NO. The van der Waals surface area contributed by atoms with Crippen molar-refractivity contribution in [3.05, 3.63) is 28.8 Å². The van der Waals surface area contributed by atoms with Crippen molar-refractivity contribution >= 4 is 17.3 Å².